The van der Waals surface area contributed by atoms with Gasteiger partial charge in [-0.3, -0.25) is 14.4 Å². The summed E-state index contributed by atoms with van der Waals surface area (Å²) >= 11 is 3.42. The van der Waals surface area contributed by atoms with Gasteiger partial charge >= 0.3 is 11.9 Å². The summed E-state index contributed by atoms with van der Waals surface area (Å²) in [6.45, 7) is 3.91. The molecule has 0 aliphatic carbocycles. The molecule has 0 aliphatic heterocycles. The molecule has 0 fully saturated rings. The second-order valence-electron chi connectivity index (χ2n) is 5.34. The Hall–Kier alpha value is -2.29. The van der Waals surface area contributed by atoms with Crippen molar-refractivity contribution < 1.29 is 33.3 Å². The molecule has 0 N–H and O–H groups in total. The molecule has 1 amide bonds. The zero-order chi connectivity index (χ0) is 20.4. The summed E-state index contributed by atoms with van der Waals surface area (Å²) in [5, 5.41) is 0. The first kappa shape index (κ1) is 22.8. The van der Waals surface area contributed by atoms with E-state index in [2.05, 4.69) is 25.4 Å². The van der Waals surface area contributed by atoms with Crippen molar-refractivity contribution in [1.29, 1.82) is 0 Å². The van der Waals surface area contributed by atoms with E-state index in [0.29, 0.717) is 34.7 Å². The normalized spacial score (nSPS) is 10.1. The van der Waals surface area contributed by atoms with E-state index in [4.69, 9.17) is 9.47 Å². The number of carbonyl (C=O) groups is 3. The van der Waals surface area contributed by atoms with Gasteiger partial charge < -0.3 is 23.8 Å². The van der Waals surface area contributed by atoms with Crippen LogP contribution in [-0.2, 0) is 30.3 Å². The zero-order valence-corrected chi connectivity index (χ0v) is 17.5. The number of halogens is 1. The highest BCUT2D eigenvalue weighted by Gasteiger charge is 2.23. The van der Waals surface area contributed by atoms with Gasteiger partial charge in [0.15, 0.2) is 11.5 Å². The minimum Gasteiger partial charge on any atom is -0.490 e. The molecule has 27 heavy (non-hydrogen) atoms. The standard InChI is InChI=1S/C18H24BrNO7/c1-5-26-14-7-12(13(19)9-15(14)27-6-2)8-16(21)20(10-17(22)24-3)11-18(23)25-4/h7,9H,5-6,8,10-11H2,1-4H3. The highest BCUT2D eigenvalue weighted by Crippen LogP contribution is 2.34. The van der Waals surface area contributed by atoms with Crippen LogP contribution in [0.5, 0.6) is 11.5 Å². The van der Waals surface area contributed by atoms with Crippen LogP contribution in [0, 0.1) is 0 Å². The summed E-state index contributed by atoms with van der Waals surface area (Å²) in [6, 6.07) is 3.42. The Balaban J connectivity index is 3.06. The van der Waals surface area contributed by atoms with Gasteiger partial charge in [0.2, 0.25) is 5.91 Å². The fraction of sp³-hybridized carbons (Fsp3) is 0.500. The van der Waals surface area contributed by atoms with Gasteiger partial charge in [-0.2, -0.15) is 0 Å². The molecule has 0 saturated heterocycles. The maximum atomic E-state index is 12.7. The van der Waals surface area contributed by atoms with Crippen molar-refractivity contribution in [1.82, 2.24) is 4.90 Å². The maximum Gasteiger partial charge on any atom is 0.325 e. The van der Waals surface area contributed by atoms with Crippen molar-refractivity contribution in [2.75, 3.05) is 40.5 Å². The molecule has 1 aromatic carbocycles. The van der Waals surface area contributed by atoms with Crippen LogP contribution in [-0.4, -0.2) is 63.3 Å². The van der Waals surface area contributed by atoms with Crippen molar-refractivity contribution in [3.63, 3.8) is 0 Å². The molecular formula is C18H24BrNO7. The third-order valence-electron chi connectivity index (χ3n) is 3.50. The van der Waals surface area contributed by atoms with Crippen molar-refractivity contribution in [3.8, 4) is 11.5 Å². The number of rotatable bonds is 10. The second-order valence-corrected chi connectivity index (χ2v) is 6.19. The Morgan fingerprint density at radius 3 is 1.85 bits per heavy atom. The number of methoxy groups -OCH3 is 2. The molecule has 0 saturated carbocycles. The lowest BCUT2D eigenvalue weighted by molar-refractivity contribution is -0.151. The smallest absolute Gasteiger partial charge is 0.325 e. The van der Waals surface area contributed by atoms with Crippen LogP contribution in [0.4, 0.5) is 0 Å². The molecule has 0 atom stereocenters. The molecule has 1 rings (SSSR count). The molecular weight excluding hydrogens is 422 g/mol. The Morgan fingerprint density at radius 2 is 1.41 bits per heavy atom. The van der Waals surface area contributed by atoms with E-state index in [9.17, 15) is 14.4 Å². The SMILES string of the molecule is CCOc1cc(Br)c(CC(=O)N(CC(=O)OC)CC(=O)OC)cc1OCC. The van der Waals surface area contributed by atoms with Gasteiger partial charge in [0.25, 0.3) is 0 Å². The lowest BCUT2D eigenvalue weighted by Crippen LogP contribution is -2.41. The van der Waals surface area contributed by atoms with Crippen molar-refractivity contribution in [2.45, 2.75) is 20.3 Å². The number of benzene rings is 1. The van der Waals surface area contributed by atoms with E-state index in [1.54, 1.807) is 12.1 Å². The summed E-state index contributed by atoms with van der Waals surface area (Å²) in [5.74, 6) is -0.625. The molecule has 0 aliphatic rings. The third-order valence-corrected chi connectivity index (χ3v) is 4.24. The highest BCUT2D eigenvalue weighted by atomic mass is 79.9. The van der Waals surface area contributed by atoms with E-state index < -0.39 is 17.8 Å². The largest absolute Gasteiger partial charge is 0.490 e. The second kappa shape index (κ2) is 11.4. The third kappa shape index (κ3) is 7.09. The number of carbonyl (C=O) groups excluding carboxylic acids is 3. The van der Waals surface area contributed by atoms with Crippen LogP contribution < -0.4 is 9.47 Å². The van der Waals surface area contributed by atoms with Crippen LogP contribution in [0.2, 0.25) is 0 Å². The molecule has 0 bridgehead atoms. The van der Waals surface area contributed by atoms with Gasteiger partial charge in [-0.1, -0.05) is 15.9 Å². The van der Waals surface area contributed by atoms with Gasteiger partial charge in [-0.05, 0) is 31.5 Å². The van der Waals surface area contributed by atoms with E-state index >= 15 is 0 Å². The van der Waals surface area contributed by atoms with Gasteiger partial charge in [0, 0.05) is 4.47 Å². The number of nitrogens with zero attached hydrogens (tertiary/aromatic N) is 1. The number of ether oxygens (including phenoxy) is 4. The summed E-state index contributed by atoms with van der Waals surface area (Å²) in [6.07, 6.45) is -0.0545. The van der Waals surface area contributed by atoms with Gasteiger partial charge in [-0.25, -0.2) is 0 Å². The van der Waals surface area contributed by atoms with Gasteiger partial charge in [0.1, 0.15) is 13.1 Å². The van der Waals surface area contributed by atoms with Crippen LogP contribution in [0.15, 0.2) is 16.6 Å². The topological polar surface area (TPSA) is 91.4 Å². The summed E-state index contributed by atoms with van der Waals surface area (Å²) in [4.78, 5) is 36.9. The number of hydrogen-bond acceptors (Lipinski definition) is 7. The molecule has 1 aromatic rings. The molecule has 0 radical (unpaired) electrons. The zero-order valence-electron chi connectivity index (χ0n) is 15.9. The van der Waals surface area contributed by atoms with Gasteiger partial charge in [-0.15, -0.1) is 0 Å². The lowest BCUT2D eigenvalue weighted by Gasteiger charge is -2.21. The number of amides is 1. The molecule has 0 spiro atoms. The molecule has 0 aromatic heterocycles. The van der Waals surface area contributed by atoms with Crippen LogP contribution >= 0.6 is 15.9 Å². The van der Waals surface area contributed by atoms with E-state index in [1.165, 1.54) is 14.2 Å². The number of hydrogen-bond donors (Lipinski definition) is 0. The minimum atomic E-state index is -0.631. The Morgan fingerprint density at radius 1 is 0.926 bits per heavy atom. The molecule has 150 valence electrons. The minimum absolute atomic E-state index is 0.0545. The van der Waals surface area contributed by atoms with Crippen LogP contribution in [0.1, 0.15) is 19.4 Å². The fourth-order valence-electron chi connectivity index (χ4n) is 2.20. The van der Waals surface area contributed by atoms with Crippen molar-refractivity contribution in [2.24, 2.45) is 0 Å². The predicted octanol–water partition coefficient (Wildman–Crippen LogP) is 1.96. The van der Waals surface area contributed by atoms with Crippen molar-refractivity contribution >= 4 is 33.8 Å². The predicted molar refractivity (Wildman–Crippen MR) is 101 cm³/mol. The lowest BCUT2D eigenvalue weighted by atomic mass is 10.1. The number of esters is 2. The highest BCUT2D eigenvalue weighted by molar-refractivity contribution is 9.10. The average molecular weight is 446 g/mol. The molecule has 9 heteroatoms. The van der Waals surface area contributed by atoms with Gasteiger partial charge in [0.05, 0.1) is 33.9 Å². The van der Waals surface area contributed by atoms with Crippen LogP contribution in [0.3, 0.4) is 0 Å². The summed E-state index contributed by atoms with van der Waals surface area (Å²) in [7, 11) is 2.42. The summed E-state index contributed by atoms with van der Waals surface area (Å²) in [5.41, 5.74) is 0.631. The van der Waals surface area contributed by atoms with E-state index in [1.807, 2.05) is 13.8 Å². The monoisotopic (exact) mass is 445 g/mol. The quantitative estimate of drug-likeness (QED) is 0.508. The Labute approximate surface area is 166 Å². The Bertz CT molecular complexity index is 660. The van der Waals surface area contributed by atoms with E-state index in [0.717, 1.165) is 4.90 Å². The van der Waals surface area contributed by atoms with Crippen molar-refractivity contribution in [3.05, 3.63) is 22.2 Å². The van der Waals surface area contributed by atoms with E-state index in [-0.39, 0.29) is 19.5 Å². The average Bonchev–Trinajstić information content (AvgIpc) is 2.64. The first-order valence-corrected chi connectivity index (χ1v) is 9.14. The first-order valence-electron chi connectivity index (χ1n) is 8.35. The van der Waals surface area contributed by atoms with Crippen LogP contribution in [0.25, 0.3) is 0 Å². The molecule has 8 nitrogen and oxygen atoms in total. The first-order chi connectivity index (χ1) is 12.9. The summed E-state index contributed by atoms with van der Waals surface area (Å²) < 4.78 is 20.9. The molecule has 0 unspecified atom stereocenters. The maximum absolute atomic E-state index is 12.7. The Kier molecular flexibility index (Phi) is 9.63. The fourth-order valence-corrected chi connectivity index (χ4v) is 2.66. The molecule has 0 heterocycles.